The molecule has 160 valence electrons. The number of rotatable bonds is 7. The van der Waals surface area contributed by atoms with Crippen molar-refractivity contribution in [2.75, 3.05) is 6.61 Å². The molecule has 1 aliphatic rings. The lowest BCUT2D eigenvalue weighted by Crippen LogP contribution is -2.38. The number of benzene rings is 2. The maximum absolute atomic E-state index is 14.5. The zero-order chi connectivity index (χ0) is 22.5. The fourth-order valence-corrected chi connectivity index (χ4v) is 3.65. The van der Waals surface area contributed by atoms with Crippen LogP contribution in [0.2, 0.25) is 0 Å². The molecule has 0 radical (unpaired) electrons. The molecule has 0 saturated heterocycles. The SMILES string of the molecule is C=CCOC(=O)C1=C(C)N(Cc2cccc([N+](=O)[O-])c2)C(=O)CC1c1ccccc1F. The molecule has 8 heteroatoms. The average Bonchev–Trinajstić information content (AvgIpc) is 2.75. The first kappa shape index (κ1) is 21.9. The average molecular weight is 424 g/mol. The summed E-state index contributed by atoms with van der Waals surface area (Å²) in [4.78, 5) is 37.7. The van der Waals surface area contributed by atoms with Crippen molar-refractivity contribution in [1.82, 2.24) is 4.90 Å². The number of halogens is 1. The molecule has 0 aliphatic carbocycles. The van der Waals surface area contributed by atoms with Crippen LogP contribution >= 0.6 is 0 Å². The second-order valence-electron chi connectivity index (χ2n) is 7.07. The minimum absolute atomic E-state index is 0.0293. The van der Waals surface area contributed by atoms with Crippen LogP contribution in [-0.4, -0.2) is 28.3 Å². The Morgan fingerprint density at radius 1 is 1.32 bits per heavy atom. The molecule has 31 heavy (non-hydrogen) atoms. The van der Waals surface area contributed by atoms with E-state index in [4.69, 9.17) is 4.74 Å². The van der Waals surface area contributed by atoms with E-state index in [1.165, 1.54) is 47.4 Å². The van der Waals surface area contributed by atoms with Gasteiger partial charge in [-0.25, -0.2) is 9.18 Å². The molecule has 1 heterocycles. The van der Waals surface area contributed by atoms with Gasteiger partial charge in [0.25, 0.3) is 5.69 Å². The molecule has 3 rings (SSSR count). The van der Waals surface area contributed by atoms with Gasteiger partial charge in [-0.3, -0.25) is 14.9 Å². The summed E-state index contributed by atoms with van der Waals surface area (Å²) in [5.74, 6) is -2.30. The third-order valence-corrected chi connectivity index (χ3v) is 5.12. The van der Waals surface area contributed by atoms with Crippen LogP contribution in [0.5, 0.6) is 0 Å². The van der Waals surface area contributed by atoms with E-state index in [0.717, 1.165) is 0 Å². The number of hydrogen-bond donors (Lipinski definition) is 0. The summed E-state index contributed by atoms with van der Waals surface area (Å²) in [6.07, 6.45) is 1.28. The van der Waals surface area contributed by atoms with Crippen molar-refractivity contribution in [3.63, 3.8) is 0 Å². The Labute approximate surface area is 178 Å². The minimum atomic E-state index is -0.799. The largest absolute Gasteiger partial charge is 0.458 e. The quantitative estimate of drug-likeness (QED) is 0.287. The Morgan fingerprint density at radius 3 is 2.74 bits per heavy atom. The zero-order valence-electron chi connectivity index (χ0n) is 16.9. The predicted octanol–water partition coefficient (Wildman–Crippen LogP) is 4.25. The first-order valence-electron chi connectivity index (χ1n) is 9.60. The van der Waals surface area contributed by atoms with Crippen LogP contribution in [0.4, 0.5) is 10.1 Å². The highest BCUT2D eigenvalue weighted by atomic mass is 19.1. The molecule has 1 amide bonds. The number of carbonyl (C=O) groups excluding carboxylic acids is 2. The Morgan fingerprint density at radius 2 is 2.06 bits per heavy atom. The van der Waals surface area contributed by atoms with Crippen LogP contribution in [0.15, 0.2) is 72.5 Å². The molecule has 0 saturated carbocycles. The van der Waals surface area contributed by atoms with E-state index in [2.05, 4.69) is 6.58 Å². The number of amides is 1. The maximum Gasteiger partial charge on any atom is 0.336 e. The van der Waals surface area contributed by atoms with Gasteiger partial charge in [0.1, 0.15) is 12.4 Å². The van der Waals surface area contributed by atoms with E-state index in [1.807, 2.05) is 0 Å². The number of hydrogen-bond acceptors (Lipinski definition) is 5. The van der Waals surface area contributed by atoms with Gasteiger partial charge in [-0.15, -0.1) is 0 Å². The molecule has 1 atom stereocenters. The number of nitrogens with zero attached hydrogens (tertiary/aromatic N) is 2. The van der Waals surface area contributed by atoms with E-state index in [1.54, 1.807) is 19.1 Å². The number of ether oxygens (including phenoxy) is 1. The van der Waals surface area contributed by atoms with Crippen LogP contribution < -0.4 is 0 Å². The van der Waals surface area contributed by atoms with Crippen molar-refractivity contribution < 1.29 is 23.6 Å². The molecule has 0 spiro atoms. The smallest absolute Gasteiger partial charge is 0.336 e. The van der Waals surface area contributed by atoms with E-state index < -0.39 is 22.6 Å². The van der Waals surface area contributed by atoms with Gasteiger partial charge in [0.15, 0.2) is 0 Å². The third kappa shape index (κ3) is 4.69. The Balaban J connectivity index is 2.04. The summed E-state index contributed by atoms with van der Waals surface area (Å²) in [5.41, 5.74) is 1.17. The van der Waals surface area contributed by atoms with Crippen LogP contribution in [0.1, 0.15) is 30.4 Å². The third-order valence-electron chi connectivity index (χ3n) is 5.12. The highest BCUT2D eigenvalue weighted by molar-refractivity contribution is 5.96. The summed E-state index contributed by atoms with van der Waals surface area (Å²) < 4.78 is 19.7. The van der Waals surface area contributed by atoms with Crippen LogP contribution in [-0.2, 0) is 20.9 Å². The molecular formula is C23H21FN2O5. The Bertz CT molecular complexity index is 1080. The monoisotopic (exact) mass is 424 g/mol. The first-order valence-corrected chi connectivity index (χ1v) is 9.60. The van der Waals surface area contributed by atoms with Crippen molar-refractivity contribution >= 4 is 17.6 Å². The summed E-state index contributed by atoms with van der Waals surface area (Å²) >= 11 is 0. The van der Waals surface area contributed by atoms with E-state index in [-0.39, 0.29) is 42.3 Å². The fraction of sp³-hybridized carbons (Fsp3) is 0.217. The molecular weight excluding hydrogens is 403 g/mol. The lowest BCUT2D eigenvalue weighted by molar-refractivity contribution is -0.384. The van der Waals surface area contributed by atoms with Crippen molar-refractivity contribution in [1.29, 1.82) is 0 Å². The van der Waals surface area contributed by atoms with E-state index in [9.17, 15) is 24.1 Å². The molecule has 7 nitrogen and oxygen atoms in total. The van der Waals surface area contributed by atoms with Crippen LogP contribution in [0.3, 0.4) is 0 Å². The standard InChI is InChI=1S/C23H21FN2O5/c1-3-11-31-23(28)22-15(2)25(14-16-7-6-8-17(12-16)26(29)30)21(27)13-19(22)18-9-4-5-10-20(18)24/h3-10,12,19H,1,11,13-14H2,2H3. The summed E-state index contributed by atoms with van der Waals surface area (Å²) in [6.45, 7) is 5.12. The van der Waals surface area contributed by atoms with Gasteiger partial charge in [0.2, 0.25) is 5.91 Å². The number of nitro benzene ring substituents is 1. The number of non-ortho nitro benzene ring substituents is 1. The molecule has 0 bridgehead atoms. The first-order chi connectivity index (χ1) is 14.8. The zero-order valence-corrected chi connectivity index (χ0v) is 16.9. The van der Waals surface area contributed by atoms with Gasteiger partial charge >= 0.3 is 5.97 Å². The van der Waals surface area contributed by atoms with Crippen LogP contribution in [0.25, 0.3) is 0 Å². The highest BCUT2D eigenvalue weighted by Crippen LogP contribution is 2.38. The van der Waals surface area contributed by atoms with Crippen molar-refractivity contribution in [3.05, 3.63) is 99.5 Å². The second kappa shape index (κ2) is 9.34. The number of nitro groups is 1. The van der Waals surface area contributed by atoms with Crippen molar-refractivity contribution in [2.24, 2.45) is 0 Å². The van der Waals surface area contributed by atoms with Gasteiger partial charge in [-0.1, -0.05) is 43.0 Å². The lowest BCUT2D eigenvalue weighted by Gasteiger charge is -2.34. The van der Waals surface area contributed by atoms with Gasteiger partial charge in [0, 0.05) is 30.2 Å². The van der Waals surface area contributed by atoms with E-state index in [0.29, 0.717) is 11.3 Å². The topological polar surface area (TPSA) is 89.8 Å². The molecule has 0 fully saturated rings. The summed E-state index contributed by atoms with van der Waals surface area (Å²) in [7, 11) is 0. The number of esters is 1. The number of allylic oxidation sites excluding steroid dienone is 1. The Hall–Kier alpha value is -3.81. The molecule has 2 aromatic rings. The van der Waals surface area contributed by atoms with E-state index >= 15 is 0 Å². The summed E-state index contributed by atoms with van der Waals surface area (Å²) in [6, 6.07) is 11.9. The predicted molar refractivity (Wildman–Crippen MR) is 111 cm³/mol. The van der Waals surface area contributed by atoms with Gasteiger partial charge in [0.05, 0.1) is 17.0 Å². The van der Waals surface area contributed by atoms with Gasteiger partial charge < -0.3 is 9.64 Å². The number of carbonyl (C=O) groups is 2. The van der Waals surface area contributed by atoms with Gasteiger partial charge in [-0.2, -0.15) is 0 Å². The van der Waals surface area contributed by atoms with Crippen molar-refractivity contribution in [3.8, 4) is 0 Å². The molecule has 0 N–H and O–H groups in total. The molecule has 1 unspecified atom stereocenters. The highest BCUT2D eigenvalue weighted by Gasteiger charge is 2.38. The van der Waals surface area contributed by atoms with Crippen molar-refractivity contribution in [2.45, 2.75) is 25.8 Å². The Kier molecular flexibility index (Phi) is 6.59. The fourth-order valence-electron chi connectivity index (χ4n) is 3.65. The second-order valence-corrected chi connectivity index (χ2v) is 7.07. The van der Waals surface area contributed by atoms with Gasteiger partial charge in [-0.05, 0) is 24.1 Å². The van der Waals surface area contributed by atoms with Crippen LogP contribution in [0, 0.1) is 15.9 Å². The molecule has 2 aromatic carbocycles. The lowest BCUT2D eigenvalue weighted by atomic mass is 9.83. The normalized spacial score (nSPS) is 16.3. The molecule has 1 aliphatic heterocycles. The molecule has 0 aromatic heterocycles. The maximum atomic E-state index is 14.5. The minimum Gasteiger partial charge on any atom is -0.458 e. The summed E-state index contributed by atoms with van der Waals surface area (Å²) in [5, 5.41) is 11.1.